The highest BCUT2D eigenvalue weighted by Crippen LogP contribution is 2.22. The van der Waals surface area contributed by atoms with Gasteiger partial charge in [-0.25, -0.2) is 0 Å². The van der Waals surface area contributed by atoms with Crippen LogP contribution in [0.15, 0.2) is 89.8 Å². The molecule has 0 radical (unpaired) electrons. The summed E-state index contributed by atoms with van der Waals surface area (Å²) in [7, 11) is 0. The molecular weight excluding hydrogens is 464 g/mol. The molecular formula is C28H31ClN2O2S. The van der Waals surface area contributed by atoms with E-state index >= 15 is 0 Å². The van der Waals surface area contributed by atoms with Crippen LogP contribution in [0.3, 0.4) is 0 Å². The molecule has 0 spiro atoms. The molecule has 0 unspecified atom stereocenters. The molecule has 0 bridgehead atoms. The fraction of sp³-hybridized carbons (Fsp3) is 0.286. The average molecular weight is 495 g/mol. The molecule has 3 aromatic rings. The predicted molar refractivity (Wildman–Crippen MR) is 141 cm³/mol. The second kappa shape index (κ2) is 12.1. The maximum atomic E-state index is 13.6. The molecule has 0 fully saturated rings. The number of hydrogen-bond acceptors (Lipinski definition) is 3. The number of carbonyl (C=O) groups is 2. The van der Waals surface area contributed by atoms with E-state index in [1.54, 1.807) is 17.0 Å². The maximum absolute atomic E-state index is 13.6. The van der Waals surface area contributed by atoms with Crippen molar-refractivity contribution in [3.05, 3.63) is 101 Å². The van der Waals surface area contributed by atoms with Crippen LogP contribution >= 0.6 is 23.4 Å². The molecule has 1 atom stereocenters. The first-order valence-corrected chi connectivity index (χ1v) is 12.7. The zero-order valence-electron chi connectivity index (χ0n) is 19.8. The lowest BCUT2D eigenvalue weighted by atomic mass is 10.0. The lowest BCUT2D eigenvalue weighted by Crippen LogP contribution is -2.54. The molecule has 0 aromatic heterocycles. The molecule has 3 rings (SSSR count). The number of nitrogens with one attached hydrogen (secondary N) is 1. The Kier molecular flexibility index (Phi) is 9.20. The first-order valence-electron chi connectivity index (χ1n) is 11.3. The van der Waals surface area contributed by atoms with E-state index in [1.165, 1.54) is 11.8 Å². The van der Waals surface area contributed by atoms with Crippen LogP contribution in [0.2, 0.25) is 5.02 Å². The quantitative estimate of drug-likeness (QED) is 0.372. The minimum Gasteiger partial charge on any atom is -0.350 e. The molecule has 6 heteroatoms. The second-order valence-electron chi connectivity index (χ2n) is 9.19. The Hall–Kier alpha value is -2.76. The number of carbonyl (C=O) groups excluding carboxylic acids is 2. The summed E-state index contributed by atoms with van der Waals surface area (Å²) in [5, 5.41) is 3.71. The summed E-state index contributed by atoms with van der Waals surface area (Å²) in [6.45, 7) is 6.16. The summed E-state index contributed by atoms with van der Waals surface area (Å²) in [6.07, 6.45) is 0.429. The van der Waals surface area contributed by atoms with Gasteiger partial charge in [0, 0.05) is 28.4 Å². The SMILES string of the molecule is CC(C)(C)NC(=O)[C@@H](Cc1ccccc1)N(Cc1ccc(Cl)cc1)C(=O)CSc1ccccc1. The number of nitrogens with zero attached hydrogens (tertiary/aromatic N) is 1. The largest absolute Gasteiger partial charge is 0.350 e. The molecule has 4 nitrogen and oxygen atoms in total. The van der Waals surface area contributed by atoms with Crippen LogP contribution in [-0.4, -0.2) is 34.0 Å². The van der Waals surface area contributed by atoms with E-state index in [-0.39, 0.29) is 17.6 Å². The highest BCUT2D eigenvalue weighted by molar-refractivity contribution is 8.00. The van der Waals surface area contributed by atoms with Gasteiger partial charge in [-0.3, -0.25) is 9.59 Å². The second-order valence-corrected chi connectivity index (χ2v) is 10.7. The molecule has 34 heavy (non-hydrogen) atoms. The van der Waals surface area contributed by atoms with Crippen molar-refractivity contribution < 1.29 is 9.59 Å². The molecule has 0 aliphatic carbocycles. The Balaban J connectivity index is 1.91. The van der Waals surface area contributed by atoms with E-state index in [0.29, 0.717) is 18.0 Å². The van der Waals surface area contributed by atoms with Gasteiger partial charge >= 0.3 is 0 Å². The monoisotopic (exact) mass is 494 g/mol. The van der Waals surface area contributed by atoms with Crippen LogP contribution in [0.25, 0.3) is 0 Å². The molecule has 3 aromatic carbocycles. The number of rotatable bonds is 9. The van der Waals surface area contributed by atoms with Crippen molar-refractivity contribution in [3.8, 4) is 0 Å². The Morgan fingerprint density at radius 1 is 0.882 bits per heavy atom. The minimum atomic E-state index is -0.652. The standard InChI is InChI=1S/C28H31ClN2O2S/c1-28(2,3)30-27(33)25(18-21-10-6-4-7-11-21)31(19-22-14-16-23(29)17-15-22)26(32)20-34-24-12-8-5-9-13-24/h4-17,25H,18-20H2,1-3H3,(H,30,33)/t25-/m1/s1. The first-order chi connectivity index (χ1) is 16.2. The number of thioether (sulfide) groups is 1. The number of amides is 2. The molecule has 1 N–H and O–H groups in total. The third-order valence-corrected chi connectivity index (χ3v) is 6.39. The number of hydrogen-bond donors (Lipinski definition) is 1. The van der Waals surface area contributed by atoms with Crippen molar-refractivity contribution in [1.29, 1.82) is 0 Å². The third kappa shape index (κ3) is 8.23. The molecule has 178 valence electrons. The van der Waals surface area contributed by atoms with Gasteiger partial charge in [0.1, 0.15) is 6.04 Å². The van der Waals surface area contributed by atoms with Crippen molar-refractivity contribution in [1.82, 2.24) is 10.2 Å². The van der Waals surface area contributed by atoms with Gasteiger partial charge in [-0.05, 0) is 56.2 Å². The van der Waals surface area contributed by atoms with Gasteiger partial charge in [-0.1, -0.05) is 72.3 Å². The van der Waals surface area contributed by atoms with Gasteiger partial charge in [0.05, 0.1) is 5.75 Å². The van der Waals surface area contributed by atoms with Gasteiger partial charge in [-0.15, -0.1) is 11.8 Å². The van der Waals surface area contributed by atoms with Crippen LogP contribution in [0.1, 0.15) is 31.9 Å². The fourth-order valence-corrected chi connectivity index (χ4v) is 4.47. The maximum Gasteiger partial charge on any atom is 0.243 e. The minimum absolute atomic E-state index is 0.0891. The third-order valence-electron chi connectivity index (χ3n) is 5.14. The summed E-state index contributed by atoms with van der Waals surface area (Å²) in [6, 6.07) is 26.4. The van der Waals surface area contributed by atoms with Gasteiger partial charge in [0.2, 0.25) is 11.8 Å². The van der Waals surface area contributed by atoms with Crippen molar-refractivity contribution in [2.24, 2.45) is 0 Å². The van der Waals surface area contributed by atoms with Crippen LogP contribution in [-0.2, 0) is 22.6 Å². The summed E-state index contributed by atoms with van der Waals surface area (Å²) in [4.78, 5) is 29.8. The highest BCUT2D eigenvalue weighted by Gasteiger charge is 2.32. The lowest BCUT2D eigenvalue weighted by Gasteiger charge is -2.34. The number of benzene rings is 3. The summed E-state index contributed by atoms with van der Waals surface area (Å²) < 4.78 is 0. The summed E-state index contributed by atoms with van der Waals surface area (Å²) in [5.41, 5.74) is 1.50. The topological polar surface area (TPSA) is 49.4 Å². The van der Waals surface area contributed by atoms with Crippen molar-refractivity contribution in [2.75, 3.05) is 5.75 Å². The Morgan fingerprint density at radius 3 is 2.06 bits per heavy atom. The van der Waals surface area contributed by atoms with Crippen molar-refractivity contribution in [3.63, 3.8) is 0 Å². The van der Waals surface area contributed by atoms with E-state index in [0.717, 1.165) is 16.0 Å². The van der Waals surface area contributed by atoms with Crippen LogP contribution in [0.4, 0.5) is 0 Å². The highest BCUT2D eigenvalue weighted by atomic mass is 35.5. The Morgan fingerprint density at radius 2 is 1.47 bits per heavy atom. The van der Waals surface area contributed by atoms with E-state index in [1.807, 2.05) is 93.6 Å². The molecule has 2 amide bonds. The lowest BCUT2D eigenvalue weighted by molar-refractivity contribution is -0.140. The fourth-order valence-electron chi connectivity index (χ4n) is 3.54. The van der Waals surface area contributed by atoms with Crippen LogP contribution in [0, 0.1) is 0 Å². The van der Waals surface area contributed by atoms with E-state index in [9.17, 15) is 9.59 Å². The molecule has 0 aliphatic heterocycles. The average Bonchev–Trinajstić information content (AvgIpc) is 2.81. The summed E-state index contributed by atoms with van der Waals surface area (Å²) in [5.74, 6) is -0.0109. The van der Waals surface area contributed by atoms with Gasteiger partial charge in [-0.2, -0.15) is 0 Å². The Labute approximate surface area is 211 Å². The van der Waals surface area contributed by atoms with Crippen molar-refractivity contribution >= 4 is 35.2 Å². The summed E-state index contributed by atoms with van der Waals surface area (Å²) >= 11 is 7.55. The van der Waals surface area contributed by atoms with Gasteiger partial charge in [0.25, 0.3) is 0 Å². The van der Waals surface area contributed by atoms with E-state index in [4.69, 9.17) is 11.6 Å². The van der Waals surface area contributed by atoms with Gasteiger partial charge < -0.3 is 10.2 Å². The molecule has 0 heterocycles. The van der Waals surface area contributed by atoms with E-state index in [2.05, 4.69) is 5.32 Å². The predicted octanol–water partition coefficient (Wildman–Crippen LogP) is 5.99. The zero-order chi connectivity index (χ0) is 24.6. The van der Waals surface area contributed by atoms with Gasteiger partial charge in [0.15, 0.2) is 0 Å². The molecule has 0 aliphatic rings. The molecule has 0 saturated carbocycles. The van der Waals surface area contributed by atoms with Crippen molar-refractivity contribution in [2.45, 2.75) is 50.2 Å². The zero-order valence-corrected chi connectivity index (χ0v) is 21.4. The normalized spacial score (nSPS) is 12.1. The Bertz CT molecular complexity index is 1070. The van der Waals surface area contributed by atoms with Crippen LogP contribution < -0.4 is 5.32 Å². The first kappa shape index (κ1) is 25.9. The van der Waals surface area contributed by atoms with E-state index < -0.39 is 11.6 Å². The number of halogens is 1. The molecule has 0 saturated heterocycles. The smallest absolute Gasteiger partial charge is 0.243 e. The van der Waals surface area contributed by atoms with Crippen LogP contribution in [0.5, 0.6) is 0 Å².